The van der Waals surface area contributed by atoms with Crippen LogP contribution in [0, 0.1) is 0 Å². The van der Waals surface area contributed by atoms with Crippen molar-refractivity contribution in [3.8, 4) is 0 Å². The van der Waals surface area contributed by atoms with E-state index in [4.69, 9.17) is 14.2 Å². The normalized spacial score (nSPS) is 42.7. The molecule has 2 N–H and O–H groups in total. The van der Waals surface area contributed by atoms with Crippen molar-refractivity contribution in [2.75, 3.05) is 6.61 Å². The molecule has 0 bridgehead atoms. The maximum Gasteiger partial charge on any atom is 0.158 e. The van der Waals surface area contributed by atoms with Gasteiger partial charge >= 0.3 is 0 Å². The lowest BCUT2D eigenvalue weighted by Crippen LogP contribution is -2.62. The van der Waals surface area contributed by atoms with Gasteiger partial charge in [0.05, 0.1) is 12.7 Å². The Morgan fingerprint density at radius 1 is 1.26 bits per heavy atom. The maximum absolute atomic E-state index is 11.1. The van der Waals surface area contributed by atoms with Gasteiger partial charge < -0.3 is 24.4 Å². The number of carbonyl (C=O) groups excluding carboxylic acids is 1. The molecule has 0 amide bonds. The average molecular weight is 274 g/mol. The van der Waals surface area contributed by atoms with Gasteiger partial charge in [-0.05, 0) is 13.3 Å². The molecule has 0 radical (unpaired) electrons. The summed E-state index contributed by atoms with van der Waals surface area (Å²) in [6, 6.07) is 0. The topological polar surface area (TPSA) is 85.2 Å². The summed E-state index contributed by atoms with van der Waals surface area (Å²) in [6.07, 6.45) is -2.50. The molecular weight excluding hydrogens is 252 g/mol. The van der Waals surface area contributed by atoms with Gasteiger partial charge in [0.15, 0.2) is 6.29 Å². The molecule has 6 nitrogen and oxygen atoms in total. The number of rotatable bonds is 4. The van der Waals surface area contributed by atoms with Crippen molar-refractivity contribution in [2.45, 2.75) is 69.9 Å². The molecule has 2 heterocycles. The third-order valence-corrected chi connectivity index (χ3v) is 3.55. The van der Waals surface area contributed by atoms with Crippen molar-refractivity contribution in [3.63, 3.8) is 0 Å². The highest BCUT2D eigenvalue weighted by Gasteiger charge is 2.48. The highest BCUT2D eigenvalue weighted by atomic mass is 16.7. The van der Waals surface area contributed by atoms with Crippen LogP contribution in [0.25, 0.3) is 0 Å². The molecule has 2 fully saturated rings. The first kappa shape index (κ1) is 14.9. The van der Waals surface area contributed by atoms with Crippen LogP contribution in [0.1, 0.15) is 33.1 Å². The van der Waals surface area contributed by atoms with Crippen LogP contribution in [0.4, 0.5) is 0 Å². The predicted octanol–water partition coefficient (Wildman–Crippen LogP) is -0.00370. The highest BCUT2D eigenvalue weighted by molar-refractivity contribution is 5.76. The van der Waals surface area contributed by atoms with E-state index in [1.807, 2.05) is 6.92 Å². The van der Waals surface area contributed by atoms with Gasteiger partial charge in [-0.3, -0.25) is 4.79 Å². The molecule has 0 aliphatic carbocycles. The maximum atomic E-state index is 11.1. The van der Waals surface area contributed by atoms with Crippen LogP contribution in [0.2, 0.25) is 0 Å². The Labute approximate surface area is 112 Å². The molecule has 6 atom stereocenters. The molecule has 0 aromatic carbocycles. The van der Waals surface area contributed by atoms with Gasteiger partial charge in [-0.1, -0.05) is 13.3 Å². The fourth-order valence-electron chi connectivity index (χ4n) is 2.57. The van der Waals surface area contributed by atoms with E-state index in [0.29, 0.717) is 6.61 Å². The summed E-state index contributed by atoms with van der Waals surface area (Å²) in [4.78, 5) is 11.1. The summed E-state index contributed by atoms with van der Waals surface area (Å²) in [5.74, 6) is -0.0868. The molecule has 2 rings (SSSR count). The van der Waals surface area contributed by atoms with Crippen LogP contribution in [-0.2, 0) is 19.0 Å². The zero-order valence-corrected chi connectivity index (χ0v) is 11.3. The minimum Gasteiger partial charge on any atom is -0.388 e. The van der Waals surface area contributed by atoms with Gasteiger partial charge in [0.2, 0.25) is 0 Å². The summed E-state index contributed by atoms with van der Waals surface area (Å²) in [5, 5.41) is 20.1. The quantitative estimate of drug-likeness (QED) is 0.750. The van der Waals surface area contributed by atoms with Crippen molar-refractivity contribution in [1.29, 1.82) is 0 Å². The zero-order chi connectivity index (χ0) is 14.0. The monoisotopic (exact) mass is 274 g/mol. The Kier molecular flexibility index (Phi) is 4.92. The van der Waals surface area contributed by atoms with Crippen molar-refractivity contribution in [1.82, 2.24) is 0 Å². The molecule has 0 spiro atoms. The SMILES string of the molecule is CCCC1OCC2O[C@@H](CC(C)=O)C(O)C(O)[C@@H]2O1. The number of fused-ring (bicyclic) bond motifs is 1. The molecule has 0 saturated carbocycles. The summed E-state index contributed by atoms with van der Waals surface area (Å²) in [6.45, 7) is 3.76. The lowest BCUT2D eigenvalue weighted by atomic mass is 9.92. The van der Waals surface area contributed by atoms with Crippen LogP contribution in [0.15, 0.2) is 0 Å². The number of ketones is 1. The van der Waals surface area contributed by atoms with Crippen molar-refractivity contribution < 1.29 is 29.2 Å². The molecule has 2 aliphatic heterocycles. The van der Waals surface area contributed by atoms with Gasteiger partial charge in [0, 0.05) is 6.42 Å². The van der Waals surface area contributed by atoms with Gasteiger partial charge in [-0.15, -0.1) is 0 Å². The number of Topliss-reactive ketones (excluding diaryl/α,β-unsaturated/α-hetero) is 1. The lowest BCUT2D eigenvalue weighted by molar-refractivity contribution is -0.325. The second-order valence-corrected chi connectivity index (χ2v) is 5.25. The standard InChI is InChI=1S/C13H22O6/c1-3-4-10-17-6-9-13(19-10)12(16)11(15)8(18-9)5-7(2)14/h8-13,15-16H,3-6H2,1-2H3/t8-,9?,10?,11?,12?,13+/m0/s1. The first-order chi connectivity index (χ1) is 9.02. The predicted molar refractivity (Wildman–Crippen MR) is 65.5 cm³/mol. The summed E-state index contributed by atoms with van der Waals surface area (Å²) < 4.78 is 16.8. The minimum absolute atomic E-state index is 0.0832. The Bertz CT molecular complexity index is 318. The molecule has 0 aromatic heterocycles. The fourth-order valence-corrected chi connectivity index (χ4v) is 2.57. The van der Waals surface area contributed by atoms with Crippen LogP contribution < -0.4 is 0 Å². The van der Waals surface area contributed by atoms with Crippen LogP contribution in [0.3, 0.4) is 0 Å². The molecule has 2 aliphatic rings. The minimum atomic E-state index is -1.11. The first-order valence-electron chi connectivity index (χ1n) is 6.81. The molecule has 4 unspecified atom stereocenters. The van der Waals surface area contributed by atoms with E-state index in [1.54, 1.807) is 0 Å². The van der Waals surface area contributed by atoms with Crippen molar-refractivity contribution in [2.24, 2.45) is 0 Å². The summed E-state index contributed by atoms with van der Waals surface area (Å²) in [7, 11) is 0. The molecule has 110 valence electrons. The molecule has 2 saturated heterocycles. The number of hydrogen-bond acceptors (Lipinski definition) is 6. The van der Waals surface area contributed by atoms with Crippen LogP contribution in [0.5, 0.6) is 0 Å². The third-order valence-electron chi connectivity index (χ3n) is 3.55. The molecule has 19 heavy (non-hydrogen) atoms. The van der Waals surface area contributed by atoms with Gasteiger partial charge in [-0.2, -0.15) is 0 Å². The zero-order valence-electron chi connectivity index (χ0n) is 11.3. The number of carbonyl (C=O) groups is 1. The lowest BCUT2D eigenvalue weighted by Gasteiger charge is -2.46. The summed E-state index contributed by atoms with van der Waals surface area (Å²) >= 11 is 0. The smallest absolute Gasteiger partial charge is 0.158 e. The van der Waals surface area contributed by atoms with Gasteiger partial charge in [-0.25, -0.2) is 0 Å². The number of aliphatic hydroxyl groups is 2. The molecule has 0 aromatic rings. The van der Waals surface area contributed by atoms with E-state index >= 15 is 0 Å². The Hall–Kier alpha value is -0.530. The van der Waals surface area contributed by atoms with E-state index in [0.717, 1.165) is 12.8 Å². The fraction of sp³-hybridized carbons (Fsp3) is 0.923. The highest BCUT2D eigenvalue weighted by Crippen LogP contribution is 2.30. The third kappa shape index (κ3) is 3.32. The van der Waals surface area contributed by atoms with Crippen LogP contribution in [-0.4, -0.2) is 59.4 Å². The average Bonchev–Trinajstić information content (AvgIpc) is 2.36. The van der Waals surface area contributed by atoms with Crippen LogP contribution >= 0.6 is 0 Å². The Morgan fingerprint density at radius 3 is 2.63 bits per heavy atom. The first-order valence-corrected chi connectivity index (χ1v) is 6.81. The number of aliphatic hydroxyl groups excluding tert-OH is 2. The van der Waals surface area contributed by atoms with Crippen molar-refractivity contribution in [3.05, 3.63) is 0 Å². The molecule has 6 heteroatoms. The van der Waals surface area contributed by atoms with E-state index in [-0.39, 0.29) is 18.5 Å². The second kappa shape index (κ2) is 6.28. The summed E-state index contributed by atoms with van der Waals surface area (Å²) in [5.41, 5.74) is 0. The van der Waals surface area contributed by atoms with E-state index in [2.05, 4.69) is 0 Å². The Morgan fingerprint density at radius 2 is 2.00 bits per heavy atom. The van der Waals surface area contributed by atoms with E-state index in [9.17, 15) is 15.0 Å². The second-order valence-electron chi connectivity index (χ2n) is 5.25. The van der Waals surface area contributed by atoms with Gasteiger partial charge in [0.1, 0.15) is 30.2 Å². The van der Waals surface area contributed by atoms with Gasteiger partial charge in [0.25, 0.3) is 0 Å². The van der Waals surface area contributed by atoms with E-state index in [1.165, 1.54) is 6.92 Å². The van der Waals surface area contributed by atoms with E-state index < -0.39 is 30.5 Å². The Balaban J connectivity index is 2.00. The molecular formula is C13H22O6. The number of hydrogen-bond donors (Lipinski definition) is 2. The largest absolute Gasteiger partial charge is 0.388 e. The number of ether oxygens (including phenoxy) is 3. The van der Waals surface area contributed by atoms with Crippen molar-refractivity contribution >= 4 is 5.78 Å².